The first-order valence-electron chi connectivity index (χ1n) is 9.49. The molecule has 0 bridgehead atoms. The van der Waals surface area contributed by atoms with Gasteiger partial charge < -0.3 is 9.15 Å². The number of unbranched alkanes of at least 4 members (excludes halogenated alkanes) is 7. The van der Waals surface area contributed by atoms with Crippen molar-refractivity contribution in [2.75, 3.05) is 6.61 Å². The van der Waals surface area contributed by atoms with E-state index >= 15 is 0 Å². The second kappa shape index (κ2) is 13.2. The Labute approximate surface area is 141 Å². The Hall–Kier alpha value is -1.25. The maximum absolute atomic E-state index is 11.2. The first-order chi connectivity index (χ1) is 11.3. The van der Waals surface area contributed by atoms with E-state index in [0.29, 0.717) is 13.0 Å². The van der Waals surface area contributed by atoms with Crippen molar-refractivity contribution in [3.8, 4) is 0 Å². The van der Waals surface area contributed by atoms with Crippen LogP contribution in [0.2, 0.25) is 0 Å². The van der Waals surface area contributed by atoms with Gasteiger partial charge in [-0.1, -0.05) is 45.4 Å². The number of aryl methyl sites for hydroxylation is 2. The number of carbonyl (C=O) groups is 1. The highest BCUT2D eigenvalue weighted by Crippen LogP contribution is 2.15. The van der Waals surface area contributed by atoms with Crippen molar-refractivity contribution >= 4 is 5.97 Å². The predicted octanol–water partition coefficient (Wildman–Crippen LogP) is 5.85. The molecule has 23 heavy (non-hydrogen) atoms. The smallest absolute Gasteiger partial charge is 0.305 e. The van der Waals surface area contributed by atoms with Gasteiger partial charge in [0.2, 0.25) is 0 Å². The SMILES string of the molecule is CCCCCCc1ccc(CCCCCCCC(=O)OCC)o1. The van der Waals surface area contributed by atoms with Gasteiger partial charge >= 0.3 is 5.97 Å². The monoisotopic (exact) mass is 322 g/mol. The highest BCUT2D eigenvalue weighted by molar-refractivity contribution is 5.69. The van der Waals surface area contributed by atoms with Crippen LogP contribution in [0.3, 0.4) is 0 Å². The maximum atomic E-state index is 11.2. The van der Waals surface area contributed by atoms with Crippen molar-refractivity contribution in [3.05, 3.63) is 23.7 Å². The van der Waals surface area contributed by atoms with E-state index in [1.165, 1.54) is 44.9 Å². The third kappa shape index (κ3) is 10.2. The average molecular weight is 322 g/mol. The van der Waals surface area contributed by atoms with Gasteiger partial charge in [0.1, 0.15) is 11.5 Å². The van der Waals surface area contributed by atoms with Crippen LogP contribution in [-0.4, -0.2) is 12.6 Å². The third-order valence-electron chi connectivity index (χ3n) is 4.10. The fraction of sp³-hybridized carbons (Fsp3) is 0.750. The Kier molecular flexibility index (Phi) is 11.4. The summed E-state index contributed by atoms with van der Waals surface area (Å²) >= 11 is 0. The Morgan fingerprint density at radius 2 is 1.43 bits per heavy atom. The van der Waals surface area contributed by atoms with E-state index in [2.05, 4.69) is 19.1 Å². The van der Waals surface area contributed by atoms with Crippen molar-refractivity contribution in [1.82, 2.24) is 0 Å². The molecule has 0 N–H and O–H groups in total. The van der Waals surface area contributed by atoms with Gasteiger partial charge in [0, 0.05) is 19.3 Å². The van der Waals surface area contributed by atoms with E-state index in [1.54, 1.807) is 0 Å². The molecule has 0 radical (unpaired) electrons. The minimum Gasteiger partial charge on any atom is -0.466 e. The van der Waals surface area contributed by atoms with Crippen molar-refractivity contribution < 1.29 is 13.9 Å². The summed E-state index contributed by atoms with van der Waals surface area (Å²) in [6.45, 7) is 4.58. The lowest BCUT2D eigenvalue weighted by Gasteiger charge is -2.02. The molecule has 0 unspecified atom stereocenters. The average Bonchev–Trinajstić information content (AvgIpc) is 2.99. The molecule has 1 aromatic rings. The van der Waals surface area contributed by atoms with Crippen LogP contribution >= 0.6 is 0 Å². The third-order valence-corrected chi connectivity index (χ3v) is 4.10. The van der Waals surface area contributed by atoms with Gasteiger partial charge in [0.05, 0.1) is 6.61 Å². The Morgan fingerprint density at radius 3 is 2.04 bits per heavy atom. The second-order valence-electron chi connectivity index (χ2n) is 6.25. The molecule has 132 valence electrons. The van der Waals surface area contributed by atoms with Crippen molar-refractivity contribution in [3.63, 3.8) is 0 Å². The molecule has 0 aliphatic heterocycles. The number of ether oxygens (including phenoxy) is 1. The lowest BCUT2D eigenvalue weighted by molar-refractivity contribution is -0.143. The Bertz CT molecular complexity index is 409. The van der Waals surface area contributed by atoms with Gasteiger partial charge in [-0.3, -0.25) is 4.79 Å². The van der Waals surface area contributed by atoms with Gasteiger partial charge in [-0.25, -0.2) is 0 Å². The number of hydrogen-bond donors (Lipinski definition) is 0. The maximum Gasteiger partial charge on any atom is 0.305 e. The fourth-order valence-corrected chi connectivity index (χ4v) is 2.75. The largest absolute Gasteiger partial charge is 0.466 e. The summed E-state index contributed by atoms with van der Waals surface area (Å²) in [5.74, 6) is 2.21. The van der Waals surface area contributed by atoms with Crippen LogP contribution in [-0.2, 0) is 22.4 Å². The molecule has 3 nitrogen and oxygen atoms in total. The van der Waals surface area contributed by atoms with Crippen LogP contribution in [0.1, 0.15) is 89.6 Å². The number of hydrogen-bond acceptors (Lipinski definition) is 3. The molecule has 0 aliphatic carbocycles. The Balaban J connectivity index is 1.99. The lowest BCUT2D eigenvalue weighted by Crippen LogP contribution is -2.03. The molecule has 0 fully saturated rings. The number of rotatable bonds is 14. The molecule has 3 heteroatoms. The van der Waals surface area contributed by atoms with Crippen LogP contribution < -0.4 is 0 Å². The Morgan fingerprint density at radius 1 is 0.870 bits per heavy atom. The van der Waals surface area contributed by atoms with E-state index in [9.17, 15) is 4.79 Å². The molecule has 0 saturated heterocycles. The zero-order valence-electron chi connectivity index (χ0n) is 15.1. The van der Waals surface area contributed by atoms with Gasteiger partial charge in [-0.15, -0.1) is 0 Å². The van der Waals surface area contributed by atoms with Crippen molar-refractivity contribution in [1.29, 1.82) is 0 Å². The lowest BCUT2D eigenvalue weighted by atomic mass is 10.1. The summed E-state index contributed by atoms with van der Waals surface area (Å²) in [4.78, 5) is 11.2. The molecule has 0 aliphatic rings. The molecule has 1 heterocycles. The standard InChI is InChI=1S/C20H34O3/c1-3-5-6-10-13-18-16-17-19(23-18)14-11-8-7-9-12-15-20(21)22-4-2/h16-17H,3-15H2,1-2H3. The number of carbonyl (C=O) groups excluding carboxylic acids is 1. The minimum absolute atomic E-state index is 0.0606. The van der Waals surface area contributed by atoms with Gasteiger partial charge in [-0.2, -0.15) is 0 Å². The molecule has 1 rings (SSSR count). The topological polar surface area (TPSA) is 39.4 Å². The first-order valence-corrected chi connectivity index (χ1v) is 9.49. The fourth-order valence-electron chi connectivity index (χ4n) is 2.75. The minimum atomic E-state index is -0.0606. The summed E-state index contributed by atoms with van der Waals surface area (Å²) in [7, 11) is 0. The van der Waals surface area contributed by atoms with Crippen molar-refractivity contribution in [2.24, 2.45) is 0 Å². The van der Waals surface area contributed by atoms with E-state index < -0.39 is 0 Å². The van der Waals surface area contributed by atoms with Crippen LogP contribution in [0, 0.1) is 0 Å². The van der Waals surface area contributed by atoms with E-state index in [1.807, 2.05) is 6.92 Å². The summed E-state index contributed by atoms with van der Waals surface area (Å²) in [5, 5.41) is 0. The molecule has 0 saturated carbocycles. The van der Waals surface area contributed by atoms with E-state index in [4.69, 9.17) is 9.15 Å². The van der Waals surface area contributed by atoms with Crippen LogP contribution in [0.25, 0.3) is 0 Å². The predicted molar refractivity (Wildman–Crippen MR) is 94.6 cm³/mol. The normalized spacial score (nSPS) is 10.9. The number of furan rings is 1. The summed E-state index contributed by atoms with van der Waals surface area (Å²) < 4.78 is 10.8. The van der Waals surface area contributed by atoms with Crippen LogP contribution in [0.5, 0.6) is 0 Å². The number of esters is 1. The summed E-state index contributed by atoms with van der Waals surface area (Å²) in [5.41, 5.74) is 0. The van der Waals surface area contributed by atoms with Crippen LogP contribution in [0.15, 0.2) is 16.5 Å². The molecule has 1 aromatic heterocycles. The van der Waals surface area contributed by atoms with Crippen LogP contribution in [0.4, 0.5) is 0 Å². The quantitative estimate of drug-likeness (QED) is 0.318. The molecule has 0 atom stereocenters. The molecule has 0 amide bonds. The van der Waals surface area contributed by atoms with Gasteiger partial charge in [0.15, 0.2) is 0 Å². The van der Waals surface area contributed by atoms with Gasteiger partial charge in [-0.05, 0) is 38.3 Å². The molecular formula is C20H34O3. The summed E-state index contributed by atoms with van der Waals surface area (Å²) in [6, 6.07) is 4.27. The first kappa shape index (κ1) is 19.8. The van der Waals surface area contributed by atoms with Gasteiger partial charge in [0.25, 0.3) is 0 Å². The zero-order valence-corrected chi connectivity index (χ0v) is 15.1. The van der Waals surface area contributed by atoms with Crippen molar-refractivity contribution in [2.45, 2.75) is 90.9 Å². The highest BCUT2D eigenvalue weighted by atomic mass is 16.5. The highest BCUT2D eigenvalue weighted by Gasteiger charge is 2.03. The summed E-state index contributed by atoms with van der Waals surface area (Å²) in [6.07, 6.45) is 13.4. The van der Waals surface area contributed by atoms with E-state index in [0.717, 1.165) is 37.2 Å². The molecule has 0 aromatic carbocycles. The molecular weight excluding hydrogens is 288 g/mol. The van der Waals surface area contributed by atoms with E-state index in [-0.39, 0.29) is 5.97 Å². The molecule has 0 spiro atoms. The zero-order chi connectivity index (χ0) is 16.8. The second-order valence-corrected chi connectivity index (χ2v) is 6.25.